The lowest BCUT2D eigenvalue weighted by Crippen LogP contribution is -2.57. The summed E-state index contributed by atoms with van der Waals surface area (Å²) in [6.45, 7) is 3.70. The van der Waals surface area contributed by atoms with Crippen LogP contribution in [0.1, 0.15) is 32.6 Å². The maximum atomic E-state index is 11.2. The quantitative estimate of drug-likeness (QED) is 0.257. The molecule has 1 amide bonds. The molecule has 1 rings (SSSR count). The number of nitrogens with one attached hydrogen (secondary N) is 1. The average molecular weight is 378 g/mol. The van der Waals surface area contributed by atoms with E-state index in [0.717, 1.165) is 25.8 Å². The van der Waals surface area contributed by atoms with E-state index in [1.54, 1.807) is 14.0 Å². The zero-order valence-electron chi connectivity index (χ0n) is 15.7. The van der Waals surface area contributed by atoms with Gasteiger partial charge in [-0.15, -0.1) is 0 Å². The molecule has 1 aliphatic rings. The molecule has 0 unspecified atom stereocenters. The molecule has 1 fully saturated rings. The second-order valence-electron chi connectivity index (χ2n) is 6.60. The van der Waals surface area contributed by atoms with Gasteiger partial charge in [-0.05, 0) is 26.3 Å². The van der Waals surface area contributed by atoms with Gasteiger partial charge in [0.25, 0.3) is 0 Å². The molecule has 0 saturated carbocycles. The highest BCUT2D eigenvalue weighted by atomic mass is 16.7. The largest absolute Gasteiger partial charge is 0.395 e. The molecule has 0 aromatic rings. The minimum absolute atomic E-state index is 0.0305. The van der Waals surface area contributed by atoms with Gasteiger partial charge in [0.2, 0.25) is 5.91 Å². The number of aliphatic hydroxyl groups excluding tert-OH is 4. The Morgan fingerprint density at radius 2 is 1.81 bits per heavy atom. The van der Waals surface area contributed by atoms with Gasteiger partial charge in [-0.2, -0.15) is 0 Å². The molecule has 0 spiro atoms. The van der Waals surface area contributed by atoms with E-state index in [2.05, 4.69) is 5.32 Å². The maximum absolute atomic E-state index is 11.2. The molecular weight excluding hydrogens is 344 g/mol. The van der Waals surface area contributed by atoms with Crippen LogP contribution in [0.5, 0.6) is 0 Å². The molecular formula is C17H34N2O7. The Bertz CT molecular complexity index is 399. The van der Waals surface area contributed by atoms with Gasteiger partial charge in [-0.25, -0.2) is 0 Å². The Balaban J connectivity index is 2.27. The van der Waals surface area contributed by atoms with Gasteiger partial charge in [-0.3, -0.25) is 9.69 Å². The van der Waals surface area contributed by atoms with E-state index < -0.39 is 30.7 Å². The Kier molecular flexibility index (Phi) is 11.2. The number of hydrogen-bond donors (Lipinski definition) is 5. The van der Waals surface area contributed by atoms with Gasteiger partial charge in [0.05, 0.1) is 19.3 Å². The molecule has 9 heteroatoms. The molecule has 0 aromatic heterocycles. The smallest absolute Gasteiger partial charge is 0.219 e. The maximum Gasteiger partial charge on any atom is 0.219 e. The van der Waals surface area contributed by atoms with Crippen molar-refractivity contribution in [2.24, 2.45) is 0 Å². The fourth-order valence-corrected chi connectivity index (χ4v) is 2.85. The van der Waals surface area contributed by atoms with Crippen LogP contribution in [0.4, 0.5) is 0 Å². The summed E-state index contributed by atoms with van der Waals surface area (Å²) in [5.74, 6) is 0.0400. The number of carbonyl (C=O) groups is 1. The standard InChI is InChI=1S/C17H34N2O7/c1-12-14(22)15(23)16(24)17(26-12)25-11-9-19(8-10-20)7-5-3-4-6-13(21)18-2/h12,14-17,20,22-24H,3-11H2,1-2H3,(H,18,21)/t12-,14+,15+,16-,17-/m0/s1. The van der Waals surface area contributed by atoms with Gasteiger partial charge in [0.15, 0.2) is 6.29 Å². The lowest BCUT2D eigenvalue weighted by Gasteiger charge is -2.39. The fraction of sp³-hybridized carbons (Fsp3) is 0.941. The SMILES string of the molecule is CNC(=O)CCCCCN(CCO)CCO[C@H]1O[C@@H](C)[C@@H](O)[C@@H](O)[C@@H]1O. The zero-order chi connectivity index (χ0) is 19.5. The normalized spacial score (nSPS) is 29.1. The second-order valence-corrected chi connectivity index (χ2v) is 6.60. The first-order valence-electron chi connectivity index (χ1n) is 9.25. The van der Waals surface area contributed by atoms with Crippen LogP contribution in [0.15, 0.2) is 0 Å². The van der Waals surface area contributed by atoms with E-state index >= 15 is 0 Å². The number of aliphatic hydroxyl groups is 4. The molecule has 9 nitrogen and oxygen atoms in total. The van der Waals surface area contributed by atoms with Crippen molar-refractivity contribution in [2.45, 2.75) is 63.3 Å². The van der Waals surface area contributed by atoms with E-state index in [9.17, 15) is 25.2 Å². The predicted octanol–water partition coefficient (Wildman–Crippen LogP) is -1.57. The third-order valence-electron chi connectivity index (χ3n) is 4.57. The fourth-order valence-electron chi connectivity index (χ4n) is 2.85. The van der Waals surface area contributed by atoms with Crippen molar-refractivity contribution in [3.8, 4) is 0 Å². The molecule has 0 radical (unpaired) electrons. The second kappa shape index (κ2) is 12.6. The van der Waals surface area contributed by atoms with Gasteiger partial charge in [0, 0.05) is 26.6 Å². The molecule has 1 aliphatic heterocycles. The van der Waals surface area contributed by atoms with Crippen LogP contribution in [0.25, 0.3) is 0 Å². The summed E-state index contributed by atoms with van der Waals surface area (Å²) in [4.78, 5) is 13.2. The van der Waals surface area contributed by atoms with Crippen LogP contribution in [-0.4, -0.2) is 102 Å². The summed E-state index contributed by atoms with van der Waals surface area (Å²) in [6.07, 6.45) is -2.23. The van der Waals surface area contributed by atoms with Crippen LogP contribution < -0.4 is 5.32 Å². The predicted molar refractivity (Wildman–Crippen MR) is 94.4 cm³/mol. The molecule has 154 valence electrons. The molecule has 0 bridgehead atoms. The summed E-state index contributed by atoms with van der Waals surface area (Å²) < 4.78 is 10.9. The Morgan fingerprint density at radius 1 is 1.08 bits per heavy atom. The molecule has 1 heterocycles. The highest BCUT2D eigenvalue weighted by Gasteiger charge is 2.42. The van der Waals surface area contributed by atoms with E-state index in [0.29, 0.717) is 19.5 Å². The Hall–Kier alpha value is -0.810. The van der Waals surface area contributed by atoms with Gasteiger partial charge in [-0.1, -0.05) is 6.42 Å². The van der Waals surface area contributed by atoms with Crippen LogP contribution in [0.2, 0.25) is 0 Å². The molecule has 5 N–H and O–H groups in total. The number of carbonyl (C=O) groups excluding carboxylic acids is 1. The lowest BCUT2D eigenvalue weighted by molar-refractivity contribution is -0.293. The van der Waals surface area contributed by atoms with Gasteiger partial charge in [0.1, 0.15) is 18.3 Å². The Labute approximate surface area is 154 Å². The first-order chi connectivity index (χ1) is 12.4. The van der Waals surface area contributed by atoms with Crippen molar-refractivity contribution in [1.29, 1.82) is 0 Å². The first kappa shape index (κ1) is 23.2. The number of unbranched alkanes of at least 4 members (excludes halogenated alkanes) is 2. The first-order valence-corrected chi connectivity index (χ1v) is 9.25. The monoisotopic (exact) mass is 378 g/mol. The molecule has 5 atom stereocenters. The van der Waals surface area contributed by atoms with Crippen LogP contribution in [0.3, 0.4) is 0 Å². The van der Waals surface area contributed by atoms with Gasteiger partial charge >= 0.3 is 0 Å². The van der Waals surface area contributed by atoms with E-state index in [4.69, 9.17) is 9.47 Å². The molecule has 26 heavy (non-hydrogen) atoms. The third kappa shape index (κ3) is 7.83. The van der Waals surface area contributed by atoms with Crippen molar-refractivity contribution in [3.05, 3.63) is 0 Å². The number of amides is 1. The molecule has 1 saturated heterocycles. The Morgan fingerprint density at radius 3 is 2.46 bits per heavy atom. The summed E-state index contributed by atoms with van der Waals surface area (Å²) in [6, 6.07) is 0. The van der Waals surface area contributed by atoms with Crippen LogP contribution in [-0.2, 0) is 14.3 Å². The summed E-state index contributed by atoms with van der Waals surface area (Å²) in [5, 5.41) is 41.1. The molecule has 0 aromatic carbocycles. The minimum Gasteiger partial charge on any atom is -0.395 e. The van der Waals surface area contributed by atoms with Crippen molar-refractivity contribution in [3.63, 3.8) is 0 Å². The average Bonchev–Trinajstić information content (AvgIpc) is 2.63. The highest BCUT2D eigenvalue weighted by molar-refractivity contribution is 5.75. The highest BCUT2D eigenvalue weighted by Crippen LogP contribution is 2.21. The molecule has 0 aliphatic carbocycles. The summed E-state index contributed by atoms with van der Waals surface area (Å²) in [7, 11) is 1.62. The lowest BCUT2D eigenvalue weighted by atomic mass is 10.0. The van der Waals surface area contributed by atoms with Crippen LogP contribution >= 0.6 is 0 Å². The van der Waals surface area contributed by atoms with Crippen LogP contribution in [0, 0.1) is 0 Å². The summed E-state index contributed by atoms with van der Waals surface area (Å²) >= 11 is 0. The number of hydrogen-bond acceptors (Lipinski definition) is 8. The topological polar surface area (TPSA) is 132 Å². The number of rotatable bonds is 12. The third-order valence-corrected chi connectivity index (χ3v) is 4.57. The number of nitrogens with zero attached hydrogens (tertiary/aromatic N) is 1. The number of ether oxygens (including phenoxy) is 2. The van der Waals surface area contributed by atoms with Crippen molar-refractivity contribution < 1.29 is 34.7 Å². The van der Waals surface area contributed by atoms with Crippen molar-refractivity contribution in [1.82, 2.24) is 10.2 Å². The van der Waals surface area contributed by atoms with Gasteiger partial charge < -0.3 is 35.2 Å². The zero-order valence-corrected chi connectivity index (χ0v) is 15.7. The van der Waals surface area contributed by atoms with Crippen molar-refractivity contribution in [2.75, 3.05) is 39.9 Å². The van der Waals surface area contributed by atoms with E-state index in [-0.39, 0.29) is 19.1 Å². The van der Waals surface area contributed by atoms with E-state index in [1.807, 2.05) is 4.90 Å². The van der Waals surface area contributed by atoms with Crippen molar-refractivity contribution >= 4 is 5.91 Å². The van der Waals surface area contributed by atoms with E-state index in [1.165, 1.54) is 0 Å². The summed E-state index contributed by atoms with van der Waals surface area (Å²) in [5.41, 5.74) is 0. The minimum atomic E-state index is -1.31.